The molecule has 0 saturated heterocycles. The van der Waals surface area contributed by atoms with E-state index in [1.54, 1.807) is 24.3 Å². The lowest BCUT2D eigenvalue weighted by molar-refractivity contribution is 0.0734. The third kappa shape index (κ3) is 4.06. The highest BCUT2D eigenvalue weighted by molar-refractivity contribution is 6.06. The quantitative estimate of drug-likeness (QED) is 0.708. The summed E-state index contributed by atoms with van der Waals surface area (Å²) in [6.45, 7) is 5.25. The number of amides is 2. The van der Waals surface area contributed by atoms with Crippen molar-refractivity contribution in [1.29, 1.82) is 0 Å². The van der Waals surface area contributed by atoms with E-state index in [0.29, 0.717) is 24.2 Å². The maximum absolute atomic E-state index is 13.0. The Bertz CT molecular complexity index is 1090. The number of carbonyl (C=O) groups excluding carboxylic acids is 2. The summed E-state index contributed by atoms with van der Waals surface area (Å²) in [4.78, 5) is 27.6. The lowest BCUT2D eigenvalue weighted by Gasteiger charge is -2.29. The van der Waals surface area contributed by atoms with Crippen molar-refractivity contribution in [2.24, 2.45) is 0 Å². The molecular weight excluding hydrogens is 360 g/mol. The number of nitrogens with zero attached hydrogens (tertiary/aromatic N) is 1. The minimum atomic E-state index is -0.211. The monoisotopic (exact) mass is 384 g/mol. The van der Waals surface area contributed by atoms with E-state index in [1.165, 1.54) is 11.1 Å². The first-order valence-corrected chi connectivity index (χ1v) is 9.86. The Labute approximate surface area is 171 Å². The summed E-state index contributed by atoms with van der Waals surface area (Å²) in [5, 5.41) is 2.96. The fourth-order valence-electron chi connectivity index (χ4n) is 3.71. The van der Waals surface area contributed by atoms with E-state index >= 15 is 0 Å². The molecule has 0 bridgehead atoms. The Kier molecular flexibility index (Phi) is 5.17. The van der Waals surface area contributed by atoms with Gasteiger partial charge in [-0.1, -0.05) is 42.5 Å². The maximum atomic E-state index is 13.0. The van der Waals surface area contributed by atoms with Crippen LogP contribution in [0.25, 0.3) is 0 Å². The Morgan fingerprint density at radius 1 is 0.862 bits per heavy atom. The lowest BCUT2D eigenvalue weighted by atomic mass is 9.99. The first-order valence-electron chi connectivity index (χ1n) is 9.86. The smallest absolute Gasteiger partial charge is 0.255 e. The van der Waals surface area contributed by atoms with Gasteiger partial charge in [0.1, 0.15) is 0 Å². The molecule has 0 unspecified atom stereocenters. The second-order valence-electron chi connectivity index (χ2n) is 7.60. The van der Waals surface area contributed by atoms with E-state index in [-0.39, 0.29) is 11.8 Å². The first-order chi connectivity index (χ1) is 14.0. The van der Waals surface area contributed by atoms with Crippen molar-refractivity contribution in [3.8, 4) is 0 Å². The maximum Gasteiger partial charge on any atom is 0.255 e. The minimum absolute atomic E-state index is 0.0408. The normalized spacial score (nSPS) is 13.0. The Balaban J connectivity index is 1.52. The Morgan fingerprint density at radius 3 is 2.45 bits per heavy atom. The van der Waals surface area contributed by atoms with Gasteiger partial charge in [-0.3, -0.25) is 9.59 Å². The highest BCUT2D eigenvalue weighted by Gasteiger charge is 2.22. The average molecular weight is 384 g/mol. The van der Waals surface area contributed by atoms with Crippen LogP contribution in [0.1, 0.15) is 43.0 Å². The molecule has 146 valence electrons. The van der Waals surface area contributed by atoms with Gasteiger partial charge >= 0.3 is 0 Å². The predicted octanol–water partition coefficient (Wildman–Crippen LogP) is 4.75. The predicted molar refractivity (Wildman–Crippen MR) is 115 cm³/mol. The standard InChI is InChI=1S/C25H24N2O2/c1-17-10-11-18(2)23(14-17)26-24(28)20-8-5-9-21(15-20)25(29)27-13-12-19-6-3-4-7-22(19)16-27/h3-11,14-15H,12-13,16H2,1-2H3,(H,26,28). The second-order valence-corrected chi connectivity index (χ2v) is 7.60. The highest BCUT2D eigenvalue weighted by Crippen LogP contribution is 2.21. The molecule has 29 heavy (non-hydrogen) atoms. The number of rotatable bonds is 3. The van der Waals surface area contributed by atoms with E-state index < -0.39 is 0 Å². The second kappa shape index (κ2) is 7.92. The van der Waals surface area contributed by atoms with Crippen LogP contribution >= 0.6 is 0 Å². The lowest BCUT2D eigenvalue weighted by Crippen LogP contribution is -2.36. The Hall–Kier alpha value is -3.40. The van der Waals surface area contributed by atoms with Gasteiger partial charge in [0.25, 0.3) is 11.8 Å². The topological polar surface area (TPSA) is 49.4 Å². The molecule has 4 nitrogen and oxygen atoms in total. The number of fused-ring (bicyclic) bond motifs is 1. The van der Waals surface area contributed by atoms with Gasteiger partial charge in [-0.2, -0.15) is 0 Å². The average Bonchev–Trinajstić information content (AvgIpc) is 2.75. The summed E-state index contributed by atoms with van der Waals surface area (Å²) in [6, 6.07) is 21.2. The number of anilines is 1. The number of hydrogen-bond acceptors (Lipinski definition) is 2. The van der Waals surface area contributed by atoms with Crippen LogP contribution in [-0.4, -0.2) is 23.3 Å². The van der Waals surface area contributed by atoms with Crippen molar-refractivity contribution in [1.82, 2.24) is 4.90 Å². The number of nitrogens with one attached hydrogen (secondary N) is 1. The van der Waals surface area contributed by atoms with Gasteiger partial charge in [-0.15, -0.1) is 0 Å². The zero-order chi connectivity index (χ0) is 20.4. The molecule has 0 spiro atoms. The first kappa shape index (κ1) is 18.9. The number of benzene rings is 3. The van der Waals surface area contributed by atoms with E-state index in [4.69, 9.17) is 0 Å². The molecule has 4 heteroatoms. The van der Waals surface area contributed by atoms with Crippen LogP contribution in [0.4, 0.5) is 5.69 Å². The van der Waals surface area contributed by atoms with Crippen LogP contribution in [0.5, 0.6) is 0 Å². The molecule has 3 aromatic rings. The number of carbonyl (C=O) groups is 2. The van der Waals surface area contributed by atoms with Gasteiger partial charge in [0.05, 0.1) is 0 Å². The van der Waals surface area contributed by atoms with E-state index in [1.807, 2.05) is 49.1 Å². The van der Waals surface area contributed by atoms with Crippen molar-refractivity contribution < 1.29 is 9.59 Å². The van der Waals surface area contributed by atoms with Crippen LogP contribution in [0.15, 0.2) is 66.7 Å². The van der Waals surface area contributed by atoms with Crippen molar-refractivity contribution in [3.05, 3.63) is 100 Å². The SMILES string of the molecule is Cc1ccc(C)c(NC(=O)c2cccc(C(=O)N3CCc4ccccc4C3)c2)c1. The van der Waals surface area contributed by atoms with Crippen molar-refractivity contribution in [2.75, 3.05) is 11.9 Å². The summed E-state index contributed by atoms with van der Waals surface area (Å²) in [5.74, 6) is -0.252. The summed E-state index contributed by atoms with van der Waals surface area (Å²) in [6.07, 6.45) is 0.856. The third-order valence-electron chi connectivity index (χ3n) is 5.43. The minimum Gasteiger partial charge on any atom is -0.334 e. The molecule has 0 radical (unpaired) electrons. The third-order valence-corrected chi connectivity index (χ3v) is 5.43. The molecule has 4 rings (SSSR count). The molecule has 0 fully saturated rings. The van der Waals surface area contributed by atoms with Crippen LogP contribution in [0, 0.1) is 13.8 Å². The van der Waals surface area contributed by atoms with Crippen LogP contribution < -0.4 is 5.32 Å². The summed E-state index contributed by atoms with van der Waals surface area (Å²) < 4.78 is 0. The largest absolute Gasteiger partial charge is 0.334 e. The summed E-state index contributed by atoms with van der Waals surface area (Å²) >= 11 is 0. The fourth-order valence-corrected chi connectivity index (χ4v) is 3.71. The van der Waals surface area contributed by atoms with Crippen LogP contribution in [0.3, 0.4) is 0 Å². The zero-order valence-corrected chi connectivity index (χ0v) is 16.7. The van der Waals surface area contributed by atoms with E-state index in [0.717, 1.165) is 23.2 Å². The highest BCUT2D eigenvalue weighted by atomic mass is 16.2. The van der Waals surface area contributed by atoms with Crippen LogP contribution in [-0.2, 0) is 13.0 Å². The molecule has 2 amide bonds. The summed E-state index contributed by atoms with van der Waals surface area (Å²) in [5.41, 5.74) is 6.39. The Morgan fingerprint density at radius 2 is 1.62 bits per heavy atom. The van der Waals surface area contributed by atoms with E-state index in [9.17, 15) is 9.59 Å². The molecule has 1 aliphatic rings. The zero-order valence-electron chi connectivity index (χ0n) is 16.7. The molecule has 0 saturated carbocycles. The molecule has 0 aromatic heterocycles. The van der Waals surface area contributed by atoms with Gasteiger partial charge < -0.3 is 10.2 Å². The number of aryl methyl sites for hydroxylation is 2. The molecular formula is C25H24N2O2. The van der Waals surface area contributed by atoms with Gasteiger partial charge in [-0.25, -0.2) is 0 Å². The molecule has 0 atom stereocenters. The molecule has 1 aliphatic heterocycles. The van der Waals surface area contributed by atoms with Crippen molar-refractivity contribution in [2.45, 2.75) is 26.8 Å². The fraction of sp³-hybridized carbons (Fsp3) is 0.200. The molecule has 3 aromatic carbocycles. The van der Waals surface area contributed by atoms with Gasteiger partial charge in [-0.05, 0) is 66.8 Å². The van der Waals surface area contributed by atoms with Crippen molar-refractivity contribution in [3.63, 3.8) is 0 Å². The summed E-state index contributed by atoms with van der Waals surface area (Å²) in [7, 11) is 0. The van der Waals surface area contributed by atoms with Crippen LogP contribution in [0.2, 0.25) is 0 Å². The van der Waals surface area contributed by atoms with E-state index in [2.05, 4.69) is 17.4 Å². The molecule has 1 N–H and O–H groups in total. The van der Waals surface area contributed by atoms with Crippen molar-refractivity contribution >= 4 is 17.5 Å². The number of hydrogen-bond donors (Lipinski definition) is 1. The van der Waals surface area contributed by atoms with Gasteiger partial charge in [0, 0.05) is 29.9 Å². The molecule has 1 heterocycles. The van der Waals surface area contributed by atoms with Gasteiger partial charge in [0.2, 0.25) is 0 Å². The van der Waals surface area contributed by atoms with Gasteiger partial charge in [0.15, 0.2) is 0 Å². The molecule has 0 aliphatic carbocycles.